The molecule has 4 heterocycles. The third kappa shape index (κ3) is 5.15. The van der Waals surface area contributed by atoms with Crippen molar-refractivity contribution >= 4 is 26.8 Å². The lowest BCUT2D eigenvalue weighted by Crippen LogP contribution is -2.29. The van der Waals surface area contributed by atoms with E-state index in [1.807, 2.05) is 20.8 Å². The number of hydrogen-bond acceptors (Lipinski definition) is 12. The molecule has 204 valence electrons. The first kappa shape index (κ1) is 26.5. The maximum Gasteiger partial charge on any atom is 0.295 e. The summed E-state index contributed by atoms with van der Waals surface area (Å²) in [5.41, 5.74) is 2.57. The molecule has 0 radical (unpaired) electrons. The van der Waals surface area contributed by atoms with E-state index in [4.69, 9.17) is 14.7 Å². The van der Waals surface area contributed by atoms with Crippen molar-refractivity contribution in [1.82, 2.24) is 39.5 Å². The van der Waals surface area contributed by atoms with Gasteiger partial charge in [-0.3, -0.25) is 9.36 Å². The fourth-order valence-corrected chi connectivity index (χ4v) is 4.73. The molecule has 0 spiro atoms. The fraction of sp³-hybridized carbons (Fsp3) is 0.440. The maximum absolute atomic E-state index is 13.7. The van der Waals surface area contributed by atoms with Gasteiger partial charge in [0.1, 0.15) is 28.1 Å². The van der Waals surface area contributed by atoms with Crippen molar-refractivity contribution in [2.45, 2.75) is 63.4 Å². The van der Waals surface area contributed by atoms with E-state index in [1.165, 1.54) is 18.7 Å². The van der Waals surface area contributed by atoms with E-state index >= 15 is 0 Å². The zero-order valence-electron chi connectivity index (χ0n) is 22.3. The minimum absolute atomic E-state index is 0.0167. The molecule has 0 amide bonds. The SMILES string of the molecule is CC[C@@H](C)n1c(=O)c(NCc2ncc(S(C)(=O)=O)cn2)nc2c(C)nc(-c3c(OC)ncnc3C3CC3)nc21. The Morgan fingerprint density at radius 3 is 2.46 bits per heavy atom. The number of rotatable bonds is 9. The molecule has 1 atom stereocenters. The van der Waals surface area contributed by atoms with Crippen molar-refractivity contribution in [3.63, 3.8) is 0 Å². The number of methoxy groups -OCH3 is 1. The van der Waals surface area contributed by atoms with Gasteiger partial charge in [0.05, 0.1) is 25.0 Å². The van der Waals surface area contributed by atoms with E-state index in [0.29, 0.717) is 52.3 Å². The molecule has 1 saturated carbocycles. The van der Waals surface area contributed by atoms with Gasteiger partial charge in [0.2, 0.25) is 5.88 Å². The highest BCUT2D eigenvalue weighted by molar-refractivity contribution is 7.90. The number of hydrogen-bond donors (Lipinski definition) is 1. The van der Waals surface area contributed by atoms with E-state index in [2.05, 4.69) is 30.2 Å². The molecule has 0 saturated heterocycles. The van der Waals surface area contributed by atoms with E-state index in [0.717, 1.165) is 24.8 Å². The Bertz CT molecular complexity index is 1720. The molecular formula is C25H29N9O4S. The minimum atomic E-state index is -3.41. The monoisotopic (exact) mass is 551 g/mol. The summed E-state index contributed by atoms with van der Waals surface area (Å²) in [5, 5.41) is 3.01. The van der Waals surface area contributed by atoms with Crippen LogP contribution in [0.25, 0.3) is 22.6 Å². The zero-order valence-corrected chi connectivity index (χ0v) is 23.2. The van der Waals surface area contributed by atoms with Crippen molar-refractivity contribution in [3.05, 3.63) is 46.3 Å². The second-order valence-corrected chi connectivity index (χ2v) is 11.6. The van der Waals surface area contributed by atoms with E-state index in [1.54, 1.807) is 11.7 Å². The van der Waals surface area contributed by atoms with Crippen LogP contribution in [0.15, 0.2) is 28.4 Å². The summed E-state index contributed by atoms with van der Waals surface area (Å²) in [6, 6.07) is -0.187. The molecule has 4 aromatic heterocycles. The predicted octanol–water partition coefficient (Wildman–Crippen LogP) is 2.61. The van der Waals surface area contributed by atoms with Gasteiger partial charge in [0.15, 0.2) is 27.1 Å². The molecule has 13 nitrogen and oxygen atoms in total. The minimum Gasteiger partial charge on any atom is -0.480 e. The van der Waals surface area contributed by atoms with Crippen molar-refractivity contribution < 1.29 is 13.2 Å². The fourth-order valence-electron chi connectivity index (χ4n) is 4.24. The molecule has 14 heteroatoms. The number of sulfone groups is 1. The molecule has 1 aliphatic rings. The van der Waals surface area contributed by atoms with Gasteiger partial charge in [0.25, 0.3) is 5.56 Å². The van der Waals surface area contributed by atoms with Crippen LogP contribution in [-0.2, 0) is 16.4 Å². The number of ether oxygens (including phenoxy) is 1. The topological polar surface area (TPSA) is 168 Å². The lowest BCUT2D eigenvalue weighted by Gasteiger charge is -2.19. The molecule has 4 aromatic rings. The second-order valence-electron chi connectivity index (χ2n) is 9.58. The van der Waals surface area contributed by atoms with Crippen LogP contribution >= 0.6 is 0 Å². The van der Waals surface area contributed by atoms with Crippen LogP contribution in [0.3, 0.4) is 0 Å². The van der Waals surface area contributed by atoms with E-state index in [9.17, 15) is 13.2 Å². The largest absolute Gasteiger partial charge is 0.480 e. The molecule has 0 aliphatic heterocycles. The van der Waals surface area contributed by atoms with Gasteiger partial charge in [-0.05, 0) is 33.1 Å². The smallest absolute Gasteiger partial charge is 0.295 e. The Kier molecular flexibility index (Phi) is 6.97. The van der Waals surface area contributed by atoms with E-state index < -0.39 is 9.84 Å². The van der Waals surface area contributed by atoms with Crippen LogP contribution in [0.2, 0.25) is 0 Å². The predicted molar refractivity (Wildman–Crippen MR) is 143 cm³/mol. The van der Waals surface area contributed by atoms with Gasteiger partial charge in [-0.15, -0.1) is 0 Å². The summed E-state index contributed by atoms with van der Waals surface area (Å²) in [6.45, 7) is 5.81. The highest BCUT2D eigenvalue weighted by Crippen LogP contribution is 2.45. The average molecular weight is 552 g/mol. The second kappa shape index (κ2) is 10.2. The molecule has 0 aromatic carbocycles. The number of aromatic nitrogens is 8. The lowest BCUT2D eigenvalue weighted by molar-refractivity contribution is 0.397. The zero-order chi connectivity index (χ0) is 27.9. The number of nitrogens with one attached hydrogen (secondary N) is 1. The lowest BCUT2D eigenvalue weighted by atomic mass is 10.1. The van der Waals surface area contributed by atoms with Gasteiger partial charge in [0, 0.05) is 30.6 Å². The Morgan fingerprint density at radius 1 is 1.13 bits per heavy atom. The number of aryl methyl sites for hydroxylation is 1. The van der Waals surface area contributed by atoms with Crippen LogP contribution in [0.5, 0.6) is 5.88 Å². The average Bonchev–Trinajstić information content (AvgIpc) is 3.76. The highest BCUT2D eigenvalue weighted by atomic mass is 32.2. The number of fused-ring (bicyclic) bond motifs is 1. The first-order valence-electron chi connectivity index (χ1n) is 12.6. The first-order valence-corrected chi connectivity index (χ1v) is 14.5. The van der Waals surface area contributed by atoms with Gasteiger partial charge < -0.3 is 10.1 Å². The third-order valence-corrected chi connectivity index (χ3v) is 7.76. The Morgan fingerprint density at radius 2 is 1.85 bits per heavy atom. The van der Waals surface area contributed by atoms with E-state index in [-0.39, 0.29) is 28.9 Å². The van der Waals surface area contributed by atoms with Crippen molar-refractivity contribution in [3.8, 4) is 17.3 Å². The molecule has 1 aliphatic carbocycles. The van der Waals surface area contributed by atoms with Crippen LogP contribution in [-0.4, -0.2) is 61.2 Å². The van der Waals surface area contributed by atoms with Crippen molar-refractivity contribution in [1.29, 1.82) is 0 Å². The van der Waals surface area contributed by atoms with Crippen LogP contribution in [0.4, 0.5) is 5.82 Å². The molecule has 1 fully saturated rings. The summed E-state index contributed by atoms with van der Waals surface area (Å²) in [5.74, 6) is 1.48. The van der Waals surface area contributed by atoms with Gasteiger partial charge >= 0.3 is 0 Å². The van der Waals surface area contributed by atoms with Crippen LogP contribution < -0.4 is 15.6 Å². The van der Waals surface area contributed by atoms with Crippen molar-refractivity contribution in [2.24, 2.45) is 0 Å². The van der Waals surface area contributed by atoms with Crippen LogP contribution in [0.1, 0.15) is 62.3 Å². The Hall–Kier alpha value is -4.07. The van der Waals surface area contributed by atoms with Gasteiger partial charge in [-0.25, -0.2) is 43.3 Å². The highest BCUT2D eigenvalue weighted by Gasteiger charge is 2.32. The Labute approximate surface area is 225 Å². The maximum atomic E-state index is 13.7. The quantitative estimate of drug-likeness (QED) is 0.323. The van der Waals surface area contributed by atoms with Crippen LogP contribution in [0, 0.1) is 6.92 Å². The van der Waals surface area contributed by atoms with Gasteiger partial charge in [-0.2, -0.15) is 0 Å². The molecule has 1 N–H and O–H groups in total. The molecule has 5 rings (SSSR count). The molecule has 0 unspecified atom stereocenters. The first-order chi connectivity index (χ1) is 18.6. The summed E-state index contributed by atoms with van der Waals surface area (Å²) in [6.07, 6.45) is 7.77. The standard InChI is InChI=1S/C25H29N9O4S/c1-6-13(2)34-23-19(32-22(25(34)35)28-11-17-26-9-16(10-27-17)39(5,36)37)14(3)31-21(33-23)18-20(15-7-8-15)29-12-30-24(18)38-4/h9-10,12-13,15H,6-8,11H2,1-5H3,(H,28,32)/t13-/m1/s1. The van der Waals surface area contributed by atoms with Gasteiger partial charge in [-0.1, -0.05) is 6.92 Å². The third-order valence-electron chi connectivity index (χ3n) is 6.69. The summed E-state index contributed by atoms with van der Waals surface area (Å²) in [4.78, 5) is 44.8. The number of nitrogens with zero attached hydrogens (tertiary/aromatic N) is 8. The Balaban J connectivity index is 1.60. The summed E-state index contributed by atoms with van der Waals surface area (Å²) >= 11 is 0. The normalized spacial score (nSPS) is 14.4. The molecule has 0 bridgehead atoms. The molecular weight excluding hydrogens is 522 g/mol. The molecule has 39 heavy (non-hydrogen) atoms. The van der Waals surface area contributed by atoms with Crippen molar-refractivity contribution in [2.75, 3.05) is 18.7 Å². The number of anilines is 1. The summed E-state index contributed by atoms with van der Waals surface area (Å²) < 4.78 is 30.5. The summed E-state index contributed by atoms with van der Waals surface area (Å²) in [7, 11) is -1.87.